The van der Waals surface area contributed by atoms with Gasteiger partial charge in [-0.2, -0.15) is 0 Å². The van der Waals surface area contributed by atoms with Crippen LogP contribution in [0, 0.1) is 0 Å². The van der Waals surface area contributed by atoms with E-state index >= 15 is 0 Å². The molecular formula is C4H7ClN2. The molecular weight excluding hydrogens is 112 g/mol. The SMILES string of the molecule is ClC1=CNCNC1. The maximum Gasteiger partial charge on any atom is 0.0651 e. The number of nitrogens with one attached hydrogen (secondary N) is 2. The lowest BCUT2D eigenvalue weighted by Gasteiger charge is -2.09. The van der Waals surface area contributed by atoms with Gasteiger partial charge < -0.3 is 5.32 Å². The largest absolute Gasteiger partial charge is 0.377 e. The third-order valence-electron chi connectivity index (χ3n) is 0.780. The molecule has 0 aliphatic carbocycles. The van der Waals surface area contributed by atoms with Gasteiger partial charge in [0.1, 0.15) is 0 Å². The van der Waals surface area contributed by atoms with Crippen LogP contribution in [-0.4, -0.2) is 13.2 Å². The summed E-state index contributed by atoms with van der Waals surface area (Å²) in [4.78, 5) is 0. The van der Waals surface area contributed by atoms with E-state index in [0.717, 1.165) is 18.2 Å². The molecule has 0 fully saturated rings. The van der Waals surface area contributed by atoms with E-state index in [1.807, 2.05) is 0 Å². The Morgan fingerprint density at radius 1 is 1.71 bits per heavy atom. The Labute approximate surface area is 47.5 Å². The minimum atomic E-state index is 0.800. The van der Waals surface area contributed by atoms with Crippen LogP contribution < -0.4 is 10.6 Å². The Hall–Kier alpha value is -0.210. The molecule has 3 heteroatoms. The molecule has 0 atom stereocenters. The van der Waals surface area contributed by atoms with Gasteiger partial charge >= 0.3 is 0 Å². The second-order valence-electron chi connectivity index (χ2n) is 1.40. The molecule has 1 aliphatic heterocycles. The summed E-state index contributed by atoms with van der Waals surface area (Å²) in [5, 5.41) is 6.79. The number of halogens is 1. The van der Waals surface area contributed by atoms with Crippen molar-refractivity contribution in [2.75, 3.05) is 13.2 Å². The van der Waals surface area contributed by atoms with Crippen molar-refractivity contribution in [3.8, 4) is 0 Å². The quantitative estimate of drug-likeness (QED) is 0.476. The normalized spacial score (nSPS) is 20.4. The van der Waals surface area contributed by atoms with Crippen LogP contribution >= 0.6 is 11.6 Å². The van der Waals surface area contributed by atoms with Gasteiger partial charge in [0.25, 0.3) is 0 Å². The summed E-state index contributed by atoms with van der Waals surface area (Å²) in [6.07, 6.45) is 1.80. The van der Waals surface area contributed by atoms with Crippen LogP contribution in [0.1, 0.15) is 0 Å². The fourth-order valence-electron chi connectivity index (χ4n) is 0.467. The van der Waals surface area contributed by atoms with Crippen LogP contribution in [0.4, 0.5) is 0 Å². The van der Waals surface area contributed by atoms with Crippen LogP contribution in [-0.2, 0) is 0 Å². The van der Waals surface area contributed by atoms with Gasteiger partial charge in [-0.25, -0.2) is 0 Å². The summed E-state index contributed by atoms with van der Waals surface area (Å²) in [6.45, 7) is 1.63. The van der Waals surface area contributed by atoms with Gasteiger partial charge in [0.05, 0.1) is 6.67 Å². The lowest BCUT2D eigenvalue weighted by Crippen LogP contribution is -2.31. The highest BCUT2D eigenvalue weighted by atomic mass is 35.5. The van der Waals surface area contributed by atoms with Crippen LogP contribution in [0.2, 0.25) is 0 Å². The molecule has 0 saturated carbocycles. The van der Waals surface area contributed by atoms with Crippen molar-refractivity contribution in [2.45, 2.75) is 0 Å². The van der Waals surface area contributed by atoms with E-state index in [9.17, 15) is 0 Å². The van der Waals surface area contributed by atoms with Gasteiger partial charge in [0.15, 0.2) is 0 Å². The topological polar surface area (TPSA) is 24.1 Å². The molecule has 0 aromatic carbocycles. The summed E-state index contributed by atoms with van der Waals surface area (Å²) < 4.78 is 0. The van der Waals surface area contributed by atoms with Crippen molar-refractivity contribution in [3.05, 3.63) is 11.2 Å². The van der Waals surface area contributed by atoms with E-state index in [1.54, 1.807) is 6.20 Å². The highest BCUT2D eigenvalue weighted by Gasteiger charge is 1.94. The molecule has 1 heterocycles. The molecule has 0 unspecified atom stereocenters. The van der Waals surface area contributed by atoms with E-state index < -0.39 is 0 Å². The van der Waals surface area contributed by atoms with Crippen molar-refractivity contribution in [1.82, 2.24) is 10.6 Å². The van der Waals surface area contributed by atoms with Gasteiger partial charge in [0.2, 0.25) is 0 Å². The maximum absolute atomic E-state index is 5.55. The van der Waals surface area contributed by atoms with Crippen LogP contribution in [0.15, 0.2) is 11.2 Å². The van der Waals surface area contributed by atoms with E-state index in [4.69, 9.17) is 11.6 Å². The average molecular weight is 119 g/mol. The predicted octanol–water partition coefficient (Wildman–Crippen LogP) is 0.217. The Balaban J connectivity index is 2.40. The minimum Gasteiger partial charge on any atom is -0.377 e. The Morgan fingerprint density at radius 2 is 2.57 bits per heavy atom. The third kappa shape index (κ3) is 1.37. The number of rotatable bonds is 0. The predicted molar refractivity (Wildman–Crippen MR) is 29.9 cm³/mol. The van der Waals surface area contributed by atoms with E-state index in [-0.39, 0.29) is 0 Å². The summed E-state index contributed by atoms with van der Waals surface area (Å²) >= 11 is 5.55. The van der Waals surface area contributed by atoms with E-state index in [0.29, 0.717) is 0 Å². The molecule has 1 aliphatic rings. The fourth-order valence-corrected chi connectivity index (χ4v) is 0.639. The van der Waals surface area contributed by atoms with E-state index in [2.05, 4.69) is 10.6 Å². The first-order valence-electron chi connectivity index (χ1n) is 2.18. The van der Waals surface area contributed by atoms with E-state index in [1.165, 1.54) is 0 Å². The van der Waals surface area contributed by atoms with Gasteiger partial charge in [-0.15, -0.1) is 0 Å². The molecule has 0 bridgehead atoms. The Kier molecular flexibility index (Phi) is 1.54. The highest BCUT2D eigenvalue weighted by Crippen LogP contribution is 1.97. The van der Waals surface area contributed by atoms with Crippen molar-refractivity contribution in [2.24, 2.45) is 0 Å². The molecule has 0 spiro atoms. The van der Waals surface area contributed by atoms with Gasteiger partial charge in [-0.1, -0.05) is 11.6 Å². The van der Waals surface area contributed by atoms with Crippen molar-refractivity contribution in [1.29, 1.82) is 0 Å². The third-order valence-corrected chi connectivity index (χ3v) is 1.02. The monoisotopic (exact) mass is 118 g/mol. The first-order valence-corrected chi connectivity index (χ1v) is 2.56. The molecule has 0 aromatic rings. The molecule has 0 amide bonds. The smallest absolute Gasteiger partial charge is 0.0651 e. The summed E-state index contributed by atoms with van der Waals surface area (Å²) in [5.41, 5.74) is 0. The Bertz CT molecular complexity index is 89.7. The first-order chi connectivity index (χ1) is 3.39. The summed E-state index contributed by atoms with van der Waals surface area (Å²) in [6, 6.07) is 0. The average Bonchev–Trinajstić information content (AvgIpc) is 1.69. The van der Waals surface area contributed by atoms with Gasteiger partial charge in [-0.3, -0.25) is 5.32 Å². The van der Waals surface area contributed by atoms with Gasteiger partial charge in [0, 0.05) is 17.8 Å². The lowest BCUT2D eigenvalue weighted by atomic mass is 10.5. The van der Waals surface area contributed by atoms with Crippen LogP contribution in [0.5, 0.6) is 0 Å². The molecule has 1 rings (SSSR count). The van der Waals surface area contributed by atoms with Crippen LogP contribution in [0.3, 0.4) is 0 Å². The fraction of sp³-hybridized carbons (Fsp3) is 0.500. The Morgan fingerprint density at radius 3 is 2.86 bits per heavy atom. The molecule has 0 saturated heterocycles. The first kappa shape index (κ1) is 4.94. The lowest BCUT2D eigenvalue weighted by molar-refractivity contribution is 0.662. The second-order valence-corrected chi connectivity index (χ2v) is 1.88. The highest BCUT2D eigenvalue weighted by molar-refractivity contribution is 6.29. The summed E-state index contributed by atoms with van der Waals surface area (Å²) in [7, 11) is 0. The number of hydrogen-bond donors (Lipinski definition) is 2. The van der Waals surface area contributed by atoms with Gasteiger partial charge in [-0.05, 0) is 0 Å². The molecule has 0 radical (unpaired) electrons. The molecule has 7 heavy (non-hydrogen) atoms. The zero-order valence-electron chi connectivity index (χ0n) is 3.87. The van der Waals surface area contributed by atoms with Crippen LogP contribution in [0.25, 0.3) is 0 Å². The molecule has 40 valence electrons. The number of hydrogen-bond acceptors (Lipinski definition) is 2. The van der Waals surface area contributed by atoms with Crippen molar-refractivity contribution >= 4 is 11.6 Å². The maximum atomic E-state index is 5.55. The summed E-state index contributed by atoms with van der Waals surface area (Å²) in [5.74, 6) is 0. The minimum absolute atomic E-state index is 0.800. The van der Waals surface area contributed by atoms with Crippen molar-refractivity contribution in [3.63, 3.8) is 0 Å². The second kappa shape index (κ2) is 2.19. The molecule has 0 aromatic heterocycles. The molecule has 2 N–H and O–H groups in total. The standard InChI is InChI=1S/C4H7ClN2/c5-4-1-6-3-7-2-4/h1,6-7H,2-3H2. The zero-order chi connectivity index (χ0) is 5.11. The molecule has 2 nitrogen and oxygen atoms in total. The van der Waals surface area contributed by atoms with Crippen molar-refractivity contribution < 1.29 is 0 Å². The zero-order valence-corrected chi connectivity index (χ0v) is 4.63.